The van der Waals surface area contributed by atoms with Crippen LogP contribution in [-0.4, -0.2) is 42.1 Å². The molecule has 0 saturated carbocycles. The Morgan fingerprint density at radius 3 is 3.00 bits per heavy atom. The highest BCUT2D eigenvalue weighted by molar-refractivity contribution is 7.10. The molecule has 2 atom stereocenters. The fourth-order valence-electron chi connectivity index (χ4n) is 2.72. The Kier molecular flexibility index (Phi) is 5.00. The zero-order valence-corrected chi connectivity index (χ0v) is 14.2. The monoisotopic (exact) mass is 374 g/mol. The fraction of sp³-hybridized carbons (Fsp3) is 0.467. The number of thiophene rings is 1. The highest BCUT2D eigenvalue weighted by atomic mass is 32.1. The number of hydrogen-bond donors (Lipinski definition) is 2. The summed E-state index contributed by atoms with van der Waals surface area (Å²) in [7, 11) is 1.49. The van der Waals surface area contributed by atoms with Crippen molar-refractivity contribution in [1.82, 2.24) is 15.1 Å². The third-order valence-electron chi connectivity index (χ3n) is 3.90. The van der Waals surface area contributed by atoms with Crippen molar-refractivity contribution in [2.24, 2.45) is 0 Å². The number of alkyl halides is 3. The molecule has 1 aliphatic rings. The van der Waals surface area contributed by atoms with Crippen molar-refractivity contribution in [3.05, 3.63) is 34.2 Å². The molecule has 2 aromatic rings. The van der Waals surface area contributed by atoms with Gasteiger partial charge in [-0.25, -0.2) is 4.68 Å². The average Bonchev–Trinajstić information content (AvgIpc) is 3.22. The van der Waals surface area contributed by atoms with Crippen molar-refractivity contribution in [2.45, 2.75) is 24.7 Å². The first-order valence-electron chi connectivity index (χ1n) is 7.63. The Balaban J connectivity index is 1.87. The van der Waals surface area contributed by atoms with Crippen molar-refractivity contribution < 1.29 is 22.7 Å². The Hall–Kier alpha value is -2.07. The molecule has 0 spiro atoms. The third-order valence-corrected chi connectivity index (χ3v) is 4.89. The van der Waals surface area contributed by atoms with Gasteiger partial charge in [0.15, 0.2) is 11.7 Å². The van der Waals surface area contributed by atoms with Gasteiger partial charge in [0.2, 0.25) is 0 Å². The Bertz CT molecular complexity index is 730. The molecule has 3 rings (SSSR count). The zero-order chi connectivity index (χ0) is 18.0. The number of ether oxygens (including phenoxy) is 1. The summed E-state index contributed by atoms with van der Waals surface area (Å²) in [6.07, 6.45) is -4.63. The number of nitrogens with one attached hydrogen (secondary N) is 2. The molecule has 2 aromatic heterocycles. The quantitative estimate of drug-likeness (QED) is 0.790. The maximum absolute atomic E-state index is 13.5. The lowest BCUT2D eigenvalue weighted by Crippen LogP contribution is -2.35. The molecule has 2 N–H and O–H groups in total. The van der Waals surface area contributed by atoms with E-state index in [1.54, 1.807) is 12.1 Å². The van der Waals surface area contributed by atoms with Gasteiger partial charge in [0.05, 0.1) is 12.6 Å². The summed E-state index contributed by atoms with van der Waals surface area (Å²) in [5, 5.41) is 11.3. The summed E-state index contributed by atoms with van der Waals surface area (Å²) >= 11 is 1.39. The number of amides is 1. The molecule has 0 bridgehead atoms. The summed E-state index contributed by atoms with van der Waals surface area (Å²) in [5.74, 6) is -0.349. The molecule has 25 heavy (non-hydrogen) atoms. The van der Waals surface area contributed by atoms with Gasteiger partial charge < -0.3 is 15.4 Å². The fourth-order valence-corrected chi connectivity index (χ4v) is 3.51. The molecule has 0 saturated heterocycles. The normalized spacial score (nSPS) is 20.0. The number of hydrogen-bond acceptors (Lipinski definition) is 5. The third kappa shape index (κ3) is 3.79. The topological polar surface area (TPSA) is 68.2 Å². The van der Waals surface area contributed by atoms with Crippen molar-refractivity contribution in [2.75, 3.05) is 25.6 Å². The number of carbonyl (C=O) groups is 1. The van der Waals surface area contributed by atoms with Gasteiger partial charge in [0, 0.05) is 31.0 Å². The molecule has 0 radical (unpaired) electrons. The molecule has 1 aliphatic heterocycles. The van der Waals surface area contributed by atoms with Gasteiger partial charge in [0.25, 0.3) is 5.91 Å². The highest BCUT2D eigenvalue weighted by Crippen LogP contribution is 2.44. The van der Waals surface area contributed by atoms with E-state index < -0.39 is 24.2 Å². The SMILES string of the molecule is COCCNC(=O)c1cc2n(n1)[C@@H](C(F)(F)F)C[C@H](c1cccs1)N2. The van der Waals surface area contributed by atoms with Crippen LogP contribution in [-0.2, 0) is 4.74 Å². The second kappa shape index (κ2) is 7.04. The molecule has 0 fully saturated rings. The van der Waals surface area contributed by atoms with Crippen molar-refractivity contribution in [1.29, 1.82) is 0 Å². The highest BCUT2D eigenvalue weighted by Gasteiger charge is 2.47. The van der Waals surface area contributed by atoms with E-state index >= 15 is 0 Å². The van der Waals surface area contributed by atoms with Crippen LogP contribution in [0.1, 0.15) is 33.9 Å². The lowest BCUT2D eigenvalue weighted by Gasteiger charge is -2.32. The molecule has 10 heteroatoms. The van der Waals surface area contributed by atoms with Crippen LogP contribution in [0.2, 0.25) is 0 Å². The maximum atomic E-state index is 13.5. The summed E-state index contributed by atoms with van der Waals surface area (Å²) in [6, 6.07) is 2.68. The van der Waals surface area contributed by atoms with Gasteiger partial charge in [-0.2, -0.15) is 18.3 Å². The first-order chi connectivity index (χ1) is 11.9. The summed E-state index contributed by atoms with van der Waals surface area (Å²) in [5.41, 5.74) is -0.0558. The smallest absolute Gasteiger partial charge is 0.383 e. The number of nitrogens with zero attached hydrogens (tertiary/aromatic N) is 2. The molecule has 136 valence electrons. The van der Waals surface area contributed by atoms with Gasteiger partial charge in [-0.3, -0.25) is 4.79 Å². The van der Waals surface area contributed by atoms with E-state index in [1.165, 1.54) is 24.5 Å². The van der Waals surface area contributed by atoms with E-state index in [4.69, 9.17) is 4.74 Å². The standard InChI is InChI=1S/C15H17F3N4O2S/c1-24-5-4-19-14(23)10-8-13-20-9(11-3-2-6-25-11)7-12(15(16,17)18)22(13)21-10/h2-3,6,8-9,12,20H,4-5,7H2,1H3,(H,19,23)/t9-,12-/m1/s1. The van der Waals surface area contributed by atoms with E-state index in [9.17, 15) is 18.0 Å². The van der Waals surface area contributed by atoms with E-state index in [0.29, 0.717) is 6.61 Å². The maximum Gasteiger partial charge on any atom is 0.410 e. The lowest BCUT2D eigenvalue weighted by molar-refractivity contribution is -0.173. The first-order valence-corrected chi connectivity index (χ1v) is 8.51. The van der Waals surface area contributed by atoms with Crippen LogP contribution in [0.15, 0.2) is 23.6 Å². The van der Waals surface area contributed by atoms with Gasteiger partial charge in [-0.1, -0.05) is 6.07 Å². The van der Waals surface area contributed by atoms with Crippen LogP contribution in [0.3, 0.4) is 0 Å². The second-order valence-electron chi connectivity index (χ2n) is 5.61. The predicted molar refractivity (Wildman–Crippen MR) is 86.8 cm³/mol. The van der Waals surface area contributed by atoms with Gasteiger partial charge in [0.1, 0.15) is 5.82 Å². The van der Waals surface area contributed by atoms with E-state index in [0.717, 1.165) is 9.56 Å². The molecule has 0 aliphatic carbocycles. The van der Waals surface area contributed by atoms with Crippen LogP contribution in [0, 0.1) is 0 Å². The summed E-state index contributed by atoms with van der Waals surface area (Å²) in [4.78, 5) is 12.9. The molecule has 0 aromatic carbocycles. The van der Waals surface area contributed by atoms with E-state index in [1.807, 2.05) is 5.38 Å². The van der Waals surface area contributed by atoms with E-state index in [2.05, 4.69) is 15.7 Å². The Morgan fingerprint density at radius 2 is 2.36 bits per heavy atom. The number of fused-ring (bicyclic) bond motifs is 1. The zero-order valence-electron chi connectivity index (χ0n) is 13.3. The van der Waals surface area contributed by atoms with E-state index in [-0.39, 0.29) is 24.5 Å². The van der Waals surface area contributed by atoms with Crippen LogP contribution in [0.25, 0.3) is 0 Å². The van der Waals surface area contributed by atoms with Gasteiger partial charge >= 0.3 is 6.18 Å². The number of methoxy groups -OCH3 is 1. The van der Waals surface area contributed by atoms with Crippen molar-refractivity contribution in [3.8, 4) is 0 Å². The minimum absolute atomic E-state index is 0.0558. The van der Waals surface area contributed by atoms with Crippen LogP contribution in [0.5, 0.6) is 0 Å². The minimum Gasteiger partial charge on any atom is -0.383 e. The van der Waals surface area contributed by atoms with Crippen molar-refractivity contribution >= 4 is 23.1 Å². The minimum atomic E-state index is -4.46. The Labute approximate surface area is 146 Å². The second-order valence-corrected chi connectivity index (χ2v) is 6.59. The number of carbonyl (C=O) groups excluding carboxylic acids is 1. The number of anilines is 1. The van der Waals surface area contributed by atoms with Crippen molar-refractivity contribution in [3.63, 3.8) is 0 Å². The van der Waals surface area contributed by atoms with Crippen LogP contribution < -0.4 is 10.6 Å². The van der Waals surface area contributed by atoms with Gasteiger partial charge in [-0.05, 0) is 11.4 Å². The lowest BCUT2D eigenvalue weighted by atomic mass is 10.0. The average molecular weight is 374 g/mol. The van der Waals surface area contributed by atoms with Crippen LogP contribution >= 0.6 is 11.3 Å². The largest absolute Gasteiger partial charge is 0.410 e. The summed E-state index contributed by atoms with van der Waals surface area (Å²) in [6.45, 7) is 0.564. The first kappa shape index (κ1) is 17.7. The molecular weight excluding hydrogens is 357 g/mol. The number of halogens is 3. The molecule has 0 unspecified atom stereocenters. The van der Waals surface area contributed by atoms with Gasteiger partial charge in [-0.15, -0.1) is 11.3 Å². The van der Waals surface area contributed by atoms with Crippen LogP contribution in [0.4, 0.5) is 19.0 Å². The number of rotatable bonds is 5. The molecule has 1 amide bonds. The molecule has 3 heterocycles. The number of aromatic nitrogens is 2. The molecule has 6 nitrogen and oxygen atoms in total. The summed E-state index contributed by atoms with van der Waals surface area (Å²) < 4.78 is 46.2. The predicted octanol–water partition coefficient (Wildman–Crippen LogP) is 2.98. The Morgan fingerprint density at radius 1 is 1.56 bits per heavy atom. The molecular formula is C15H17F3N4O2S.